The first-order valence-electron chi connectivity index (χ1n) is 13.0. The lowest BCUT2D eigenvalue weighted by atomic mass is 9.96. The van der Waals surface area contributed by atoms with E-state index in [0.717, 1.165) is 43.5 Å². The molecule has 4 aromatic carbocycles. The molecule has 41 heavy (non-hydrogen) atoms. The van der Waals surface area contributed by atoms with Crippen LogP contribution in [0.5, 0.6) is 11.5 Å². The average molecular weight is 583 g/mol. The Balaban J connectivity index is 1.50. The van der Waals surface area contributed by atoms with E-state index >= 15 is 4.39 Å². The molecule has 0 spiro atoms. The summed E-state index contributed by atoms with van der Waals surface area (Å²) in [5.41, 5.74) is 0.239. The number of fused-ring (bicyclic) bond motifs is 1. The number of rotatable bonds is 11. The van der Waals surface area contributed by atoms with Gasteiger partial charge in [-0.3, -0.25) is 0 Å². The summed E-state index contributed by atoms with van der Waals surface area (Å²) < 4.78 is 120. The highest BCUT2D eigenvalue weighted by Gasteiger charge is 2.30. The number of ether oxygens (including phenoxy) is 2. The van der Waals surface area contributed by atoms with Gasteiger partial charge in [0.15, 0.2) is 24.0 Å². The van der Waals surface area contributed by atoms with Crippen LogP contribution in [-0.2, 0) is 12.8 Å². The third-order valence-corrected chi connectivity index (χ3v) is 6.48. The summed E-state index contributed by atoms with van der Waals surface area (Å²) in [5, 5.41) is 0.557. The van der Waals surface area contributed by atoms with Gasteiger partial charge in [-0.1, -0.05) is 44.0 Å². The highest BCUT2D eigenvalue weighted by molar-refractivity contribution is 5.88. The molecular formula is C31H26F8O2. The molecule has 4 aromatic rings. The van der Waals surface area contributed by atoms with Gasteiger partial charge in [0.1, 0.15) is 23.2 Å². The van der Waals surface area contributed by atoms with E-state index in [9.17, 15) is 30.7 Å². The molecule has 0 bridgehead atoms. The smallest absolute Gasteiger partial charge is 0.422 e. The lowest BCUT2D eigenvalue weighted by molar-refractivity contribution is -0.154. The minimum Gasteiger partial charge on any atom is -0.493 e. The van der Waals surface area contributed by atoms with Crippen LogP contribution in [-0.4, -0.2) is 19.4 Å². The van der Waals surface area contributed by atoms with E-state index in [0.29, 0.717) is 12.0 Å². The minimum absolute atomic E-state index is 0.0167. The van der Waals surface area contributed by atoms with Crippen LogP contribution in [0.2, 0.25) is 0 Å². The van der Waals surface area contributed by atoms with Crippen LogP contribution >= 0.6 is 0 Å². The first kappa shape index (κ1) is 30.1. The van der Waals surface area contributed by atoms with E-state index in [1.165, 1.54) is 24.3 Å². The Bertz CT molecular complexity index is 1490. The zero-order valence-electron chi connectivity index (χ0n) is 22.0. The second-order valence-electron chi connectivity index (χ2n) is 9.58. The van der Waals surface area contributed by atoms with Gasteiger partial charge >= 0.3 is 6.18 Å². The standard InChI is InChI=1S/C31H26F8O2/c1-2-3-4-11-40-22-15-24(32)28(25(33)16-22)21-9-10-23-20(14-21)8-7-19(29(23)36)6-5-18-12-26(34)30(27(35)13-18)41-17-31(37,38)39/h7-10,12-16H,2-6,11,17H2,1H3. The van der Waals surface area contributed by atoms with Gasteiger partial charge in [-0.15, -0.1) is 0 Å². The van der Waals surface area contributed by atoms with Crippen LogP contribution in [0.3, 0.4) is 0 Å². The van der Waals surface area contributed by atoms with E-state index < -0.39 is 47.6 Å². The van der Waals surface area contributed by atoms with E-state index in [2.05, 4.69) is 4.74 Å². The molecule has 0 heterocycles. The van der Waals surface area contributed by atoms with Gasteiger partial charge in [-0.25, -0.2) is 22.0 Å². The Morgan fingerprint density at radius 1 is 0.707 bits per heavy atom. The second-order valence-corrected chi connectivity index (χ2v) is 9.58. The SMILES string of the molecule is CCCCCOc1cc(F)c(-c2ccc3c(F)c(CCc4cc(F)c(OCC(F)(F)F)c(F)c4)ccc3c2)c(F)c1. The number of halogens is 8. The molecule has 0 aliphatic heterocycles. The van der Waals surface area contributed by atoms with Crippen LogP contribution in [0.15, 0.2) is 54.6 Å². The molecule has 0 aromatic heterocycles. The monoisotopic (exact) mass is 582 g/mol. The largest absolute Gasteiger partial charge is 0.493 e. The highest BCUT2D eigenvalue weighted by atomic mass is 19.4. The lowest BCUT2D eigenvalue weighted by Gasteiger charge is -2.13. The molecule has 4 rings (SSSR count). The number of hydrogen-bond donors (Lipinski definition) is 0. The Morgan fingerprint density at radius 3 is 2.02 bits per heavy atom. The van der Waals surface area contributed by atoms with Crippen molar-refractivity contribution in [2.24, 2.45) is 0 Å². The molecule has 0 saturated carbocycles. The van der Waals surface area contributed by atoms with E-state index in [1.807, 2.05) is 6.92 Å². The Hall–Kier alpha value is -3.82. The quantitative estimate of drug-likeness (QED) is 0.130. The predicted octanol–water partition coefficient (Wildman–Crippen LogP) is 9.50. The van der Waals surface area contributed by atoms with Crippen LogP contribution in [0.4, 0.5) is 35.1 Å². The van der Waals surface area contributed by atoms with Crippen LogP contribution in [0, 0.1) is 29.1 Å². The van der Waals surface area contributed by atoms with E-state index in [-0.39, 0.29) is 46.2 Å². The summed E-state index contributed by atoms with van der Waals surface area (Å²) in [6.07, 6.45) is -2.07. The number of alkyl halides is 3. The molecule has 0 amide bonds. The third-order valence-electron chi connectivity index (χ3n) is 6.48. The number of unbranched alkanes of at least 4 members (excludes halogenated alkanes) is 2. The van der Waals surface area contributed by atoms with Crippen molar-refractivity contribution in [3.63, 3.8) is 0 Å². The van der Waals surface area contributed by atoms with Crippen molar-refractivity contribution in [1.82, 2.24) is 0 Å². The fourth-order valence-corrected chi connectivity index (χ4v) is 4.46. The lowest BCUT2D eigenvalue weighted by Crippen LogP contribution is -2.20. The molecule has 0 atom stereocenters. The second kappa shape index (κ2) is 12.8. The Morgan fingerprint density at radius 2 is 1.39 bits per heavy atom. The number of aryl methyl sites for hydroxylation is 2. The van der Waals surface area contributed by atoms with Gasteiger partial charge in [0.25, 0.3) is 0 Å². The summed E-state index contributed by atoms with van der Waals surface area (Å²) in [7, 11) is 0. The molecule has 0 fully saturated rings. The van der Waals surface area contributed by atoms with Crippen molar-refractivity contribution in [3.8, 4) is 22.6 Å². The van der Waals surface area contributed by atoms with E-state index in [4.69, 9.17) is 4.74 Å². The Labute approximate surface area is 231 Å². The van der Waals surface area contributed by atoms with Gasteiger partial charge in [-0.2, -0.15) is 13.2 Å². The maximum absolute atomic E-state index is 15.3. The van der Waals surface area contributed by atoms with Gasteiger partial charge in [0.05, 0.1) is 12.2 Å². The third kappa shape index (κ3) is 7.48. The first-order chi connectivity index (χ1) is 19.5. The van der Waals surface area contributed by atoms with Gasteiger partial charge in [0, 0.05) is 17.5 Å². The fraction of sp³-hybridized carbons (Fsp3) is 0.290. The summed E-state index contributed by atoms with van der Waals surface area (Å²) in [6, 6.07) is 11.2. The average Bonchev–Trinajstić information content (AvgIpc) is 2.89. The molecule has 0 aliphatic rings. The Kier molecular flexibility index (Phi) is 9.40. The summed E-state index contributed by atoms with van der Waals surface area (Å²) >= 11 is 0. The van der Waals surface area contributed by atoms with Crippen LogP contribution < -0.4 is 9.47 Å². The summed E-state index contributed by atoms with van der Waals surface area (Å²) in [5.74, 6) is -5.91. The number of benzene rings is 4. The van der Waals surface area contributed by atoms with Crippen molar-refractivity contribution < 1.29 is 44.6 Å². The maximum Gasteiger partial charge on any atom is 0.422 e. The first-order valence-corrected chi connectivity index (χ1v) is 13.0. The van der Waals surface area contributed by atoms with Gasteiger partial charge in [-0.05, 0) is 59.5 Å². The molecule has 0 saturated heterocycles. The van der Waals surface area contributed by atoms with Crippen molar-refractivity contribution >= 4 is 10.8 Å². The van der Waals surface area contributed by atoms with Crippen molar-refractivity contribution in [1.29, 1.82) is 0 Å². The molecule has 0 N–H and O–H groups in total. The molecule has 0 radical (unpaired) electrons. The predicted molar refractivity (Wildman–Crippen MR) is 140 cm³/mol. The zero-order chi connectivity index (χ0) is 29.7. The topological polar surface area (TPSA) is 18.5 Å². The fourth-order valence-electron chi connectivity index (χ4n) is 4.46. The minimum atomic E-state index is -4.76. The van der Waals surface area contributed by atoms with Crippen molar-refractivity contribution in [2.45, 2.75) is 45.2 Å². The zero-order valence-corrected chi connectivity index (χ0v) is 22.0. The maximum atomic E-state index is 15.3. The van der Waals surface area contributed by atoms with Crippen molar-refractivity contribution in [3.05, 3.63) is 94.8 Å². The summed E-state index contributed by atoms with van der Waals surface area (Å²) in [4.78, 5) is 0. The van der Waals surface area contributed by atoms with Crippen LogP contribution in [0.1, 0.15) is 37.3 Å². The van der Waals surface area contributed by atoms with Gasteiger partial charge < -0.3 is 9.47 Å². The molecule has 2 nitrogen and oxygen atoms in total. The molecule has 0 aliphatic carbocycles. The van der Waals surface area contributed by atoms with Crippen LogP contribution in [0.25, 0.3) is 21.9 Å². The van der Waals surface area contributed by atoms with Gasteiger partial charge in [0.2, 0.25) is 0 Å². The molecular weight excluding hydrogens is 556 g/mol. The summed E-state index contributed by atoms with van der Waals surface area (Å²) in [6.45, 7) is 0.526. The molecule has 0 unspecified atom stereocenters. The van der Waals surface area contributed by atoms with Crippen molar-refractivity contribution in [2.75, 3.05) is 13.2 Å². The highest BCUT2D eigenvalue weighted by Crippen LogP contribution is 2.33. The van der Waals surface area contributed by atoms with E-state index in [1.54, 1.807) is 6.07 Å². The number of hydrogen-bond acceptors (Lipinski definition) is 2. The normalized spacial score (nSPS) is 11.7. The molecule has 10 heteroatoms. The molecule has 218 valence electrons.